The van der Waals surface area contributed by atoms with E-state index >= 15 is 0 Å². The molecule has 190 valence electrons. The van der Waals surface area contributed by atoms with Crippen LogP contribution in [0.3, 0.4) is 0 Å². The predicted molar refractivity (Wildman–Crippen MR) is 145 cm³/mol. The number of anilines is 1. The Bertz CT molecular complexity index is 1370. The van der Waals surface area contributed by atoms with Gasteiger partial charge in [-0.05, 0) is 60.9 Å². The van der Waals surface area contributed by atoms with Crippen LogP contribution in [0.25, 0.3) is 0 Å². The Morgan fingerprint density at radius 2 is 1.73 bits per heavy atom. The topological polar surface area (TPSA) is 98.1 Å². The van der Waals surface area contributed by atoms with Gasteiger partial charge < -0.3 is 19.9 Å². The van der Waals surface area contributed by atoms with Gasteiger partial charge in [-0.2, -0.15) is 0 Å². The number of aryl methyl sites for hydroxylation is 2. The van der Waals surface area contributed by atoms with Crippen LogP contribution in [0.1, 0.15) is 32.9 Å². The lowest BCUT2D eigenvalue weighted by atomic mass is 10.1. The maximum atomic E-state index is 12.7. The molecule has 0 radical (unpaired) electrons. The van der Waals surface area contributed by atoms with Gasteiger partial charge in [0.05, 0.1) is 26.0 Å². The average molecular weight is 516 g/mol. The van der Waals surface area contributed by atoms with Gasteiger partial charge in [0.25, 0.3) is 5.91 Å². The third-order valence-corrected chi connectivity index (χ3v) is 6.70. The van der Waals surface area contributed by atoms with E-state index in [1.54, 1.807) is 31.4 Å². The van der Waals surface area contributed by atoms with E-state index in [2.05, 4.69) is 20.8 Å². The first-order valence-corrected chi connectivity index (χ1v) is 12.8. The first-order valence-electron chi connectivity index (χ1n) is 11.8. The van der Waals surface area contributed by atoms with Gasteiger partial charge in [0.15, 0.2) is 11.0 Å². The Morgan fingerprint density at radius 3 is 2.46 bits per heavy atom. The Labute approximate surface area is 220 Å². The summed E-state index contributed by atoms with van der Waals surface area (Å²) in [7, 11) is 1.58. The SMILES string of the molecule is COc1ccc(C(=O)NCc2nnc(SCC(=O)Nc3cc(C)ccc3C)n2Cc2ccccc2)cc1. The van der Waals surface area contributed by atoms with Gasteiger partial charge in [-0.25, -0.2) is 0 Å². The highest BCUT2D eigenvalue weighted by molar-refractivity contribution is 7.99. The molecule has 3 aromatic carbocycles. The van der Waals surface area contributed by atoms with Crippen molar-refractivity contribution in [3.05, 3.63) is 101 Å². The van der Waals surface area contributed by atoms with E-state index in [9.17, 15) is 9.59 Å². The molecular formula is C28H29N5O3S. The number of benzene rings is 3. The van der Waals surface area contributed by atoms with E-state index in [0.717, 1.165) is 22.4 Å². The Balaban J connectivity index is 1.46. The number of hydrogen-bond acceptors (Lipinski definition) is 6. The Kier molecular flexibility index (Phi) is 8.58. The fourth-order valence-corrected chi connectivity index (χ4v) is 4.43. The normalized spacial score (nSPS) is 10.7. The molecule has 0 spiro atoms. The molecule has 2 N–H and O–H groups in total. The number of methoxy groups -OCH3 is 1. The zero-order valence-corrected chi connectivity index (χ0v) is 21.8. The van der Waals surface area contributed by atoms with Crippen LogP contribution in [0.5, 0.6) is 5.75 Å². The maximum absolute atomic E-state index is 12.7. The number of nitrogens with one attached hydrogen (secondary N) is 2. The van der Waals surface area contributed by atoms with Gasteiger partial charge in [-0.15, -0.1) is 10.2 Å². The first kappa shape index (κ1) is 26.0. The zero-order chi connectivity index (χ0) is 26.2. The minimum atomic E-state index is -0.223. The minimum absolute atomic E-state index is 0.123. The van der Waals surface area contributed by atoms with Gasteiger partial charge in [-0.1, -0.05) is 54.2 Å². The largest absolute Gasteiger partial charge is 0.497 e. The van der Waals surface area contributed by atoms with Crippen molar-refractivity contribution in [3.63, 3.8) is 0 Å². The highest BCUT2D eigenvalue weighted by Crippen LogP contribution is 2.21. The van der Waals surface area contributed by atoms with Crippen molar-refractivity contribution >= 4 is 29.3 Å². The molecule has 0 unspecified atom stereocenters. The van der Waals surface area contributed by atoms with Crippen molar-refractivity contribution in [1.29, 1.82) is 0 Å². The lowest BCUT2D eigenvalue weighted by Gasteiger charge is -2.12. The molecule has 0 fully saturated rings. The van der Waals surface area contributed by atoms with E-state index in [1.807, 2.05) is 66.9 Å². The molecule has 2 amide bonds. The number of carbonyl (C=O) groups excluding carboxylic acids is 2. The molecule has 37 heavy (non-hydrogen) atoms. The lowest BCUT2D eigenvalue weighted by molar-refractivity contribution is -0.113. The Morgan fingerprint density at radius 1 is 0.973 bits per heavy atom. The third-order valence-electron chi connectivity index (χ3n) is 5.74. The summed E-state index contributed by atoms with van der Waals surface area (Å²) in [6, 6.07) is 22.8. The second kappa shape index (κ2) is 12.2. The van der Waals surface area contributed by atoms with Crippen LogP contribution in [-0.2, 0) is 17.9 Å². The summed E-state index contributed by atoms with van der Waals surface area (Å²) in [5.74, 6) is 1.12. The smallest absolute Gasteiger partial charge is 0.251 e. The molecule has 0 aliphatic rings. The summed E-state index contributed by atoms with van der Waals surface area (Å²) in [5, 5.41) is 15.1. The molecule has 0 aliphatic heterocycles. The van der Waals surface area contributed by atoms with Crippen molar-refractivity contribution in [2.24, 2.45) is 0 Å². The summed E-state index contributed by atoms with van der Waals surface area (Å²) in [6.07, 6.45) is 0. The standard InChI is InChI=1S/C28H29N5O3S/c1-19-9-10-20(2)24(15-19)30-26(34)18-37-28-32-31-25(33(28)17-21-7-5-4-6-8-21)16-29-27(35)22-11-13-23(36-3)14-12-22/h4-15H,16-18H2,1-3H3,(H,29,35)(H,30,34). The van der Waals surface area contributed by atoms with Crippen molar-refractivity contribution in [1.82, 2.24) is 20.1 Å². The van der Waals surface area contributed by atoms with Crippen molar-refractivity contribution in [2.75, 3.05) is 18.2 Å². The van der Waals surface area contributed by atoms with Crippen molar-refractivity contribution < 1.29 is 14.3 Å². The van der Waals surface area contributed by atoms with Crippen molar-refractivity contribution in [2.45, 2.75) is 32.1 Å². The fraction of sp³-hybridized carbons (Fsp3) is 0.214. The van der Waals surface area contributed by atoms with Gasteiger partial charge >= 0.3 is 0 Å². The van der Waals surface area contributed by atoms with E-state index in [4.69, 9.17) is 4.74 Å². The maximum Gasteiger partial charge on any atom is 0.251 e. The number of ether oxygens (including phenoxy) is 1. The molecule has 1 aromatic heterocycles. The molecule has 0 saturated carbocycles. The van der Waals surface area contributed by atoms with Crippen molar-refractivity contribution in [3.8, 4) is 5.75 Å². The van der Waals surface area contributed by atoms with Gasteiger partial charge in [0.2, 0.25) is 5.91 Å². The molecule has 0 bridgehead atoms. The number of hydrogen-bond donors (Lipinski definition) is 2. The molecular weight excluding hydrogens is 486 g/mol. The molecule has 0 aliphatic carbocycles. The second-order valence-electron chi connectivity index (χ2n) is 8.54. The van der Waals surface area contributed by atoms with Crippen LogP contribution in [0.4, 0.5) is 5.69 Å². The number of aromatic nitrogens is 3. The fourth-order valence-electron chi connectivity index (χ4n) is 3.67. The summed E-state index contributed by atoms with van der Waals surface area (Å²) < 4.78 is 7.08. The van der Waals surface area contributed by atoms with Gasteiger partial charge in [0.1, 0.15) is 5.75 Å². The van der Waals surface area contributed by atoms with E-state index in [-0.39, 0.29) is 24.1 Å². The molecule has 4 aromatic rings. The van der Waals surface area contributed by atoms with E-state index in [1.165, 1.54) is 11.8 Å². The summed E-state index contributed by atoms with van der Waals surface area (Å²) >= 11 is 1.31. The molecule has 8 nitrogen and oxygen atoms in total. The van der Waals surface area contributed by atoms with Crippen LogP contribution < -0.4 is 15.4 Å². The minimum Gasteiger partial charge on any atom is -0.497 e. The molecule has 0 atom stereocenters. The number of rotatable bonds is 10. The quantitative estimate of drug-likeness (QED) is 0.299. The molecule has 1 heterocycles. The lowest BCUT2D eigenvalue weighted by Crippen LogP contribution is -2.25. The first-order chi connectivity index (χ1) is 17.9. The van der Waals surface area contributed by atoms with E-state index < -0.39 is 0 Å². The number of carbonyl (C=O) groups is 2. The molecule has 0 saturated heterocycles. The number of amides is 2. The van der Waals surface area contributed by atoms with Crippen LogP contribution in [-0.4, -0.2) is 39.4 Å². The highest BCUT2D eigenvalue weighted by Gasteiger charge is 2.16. The van der Waals surface area contributed by atoms with Crippen LogP contribution in [0.2, 0.25) is 0 Å². The summed E-state index contributed by atoms with van der Waals surface area (Å²) in [6.45, 7) is 4.67. The Hall–Kier alpha value is -4.11. The van der Waals surface area contributed by atoms with Gasteiger partial charge in [0, 0.05) is 11.3 Å². The monoisotopic (exact) mass is 515 g/mol. The van der Waals surface area contributed by atoms with E-state index in [0.29, 0.717) is 28.8 Å². The number of thioether (sulfide) groups is 1. The van der Waals surface area contributed by atoms with Crippen LogP contribution >= 0.6 is 11.8 Å². The molecule has 9 heteroatoms. The average Bonchev–Trinajstić information content (AvgIpc) is 3.29. The summed E-state index contributed by atoms with van der Waals surface area (Å²) in [5.41, 5.74) is 4.47. The molecule has 4 rings (SSSR count). The zero-order valence-electron chi connectivity index (χ0n) is 21.0. The highest BCUT2D eigenvalue weighted by atomic mass is 32.2. The third kappa shape index (κ3) is 6.98. The van der Waals surface area contributed by atoms with Crippen LogP contribution in [0, 0.1) is 13.8 Å². The number of nitrogens with zero attached hydrogens (tertiary/aromatic N) is 3. The van der Waals surface area contributed by atoms with Gasteiger partial charge in [-0.3, -0.25) is 9.59 Å². The van der Waals surface area contributed by atoms with Crippen LogP contribution in [0.15, 0.2) is 78.0 Å². The predicted octanol–water partition coefficient (Wildman–Crippen LogP) is 4.61. The summed E-state index contributed by atoms with van der Waals surface area (Å²) in [4.78, 5) is 25.4. The second-order valence-corrected chi connectivity index (χ2v) is 9.48.